The van der Waals surface area contributed by atoms with Crippen LogP contribution in [0.4, 0.5) is 0 Å². The molecule has 4 aliphatic rings. The van der Waals surface area contributed by atoms with Crippen LogP contribution in [0.1, 0.15) is 75.3 Å². The number of nitrogens with zero attached hydrogens (tertiary/aromatic N) is 2. The van der Waals surface area contributed by atoms with Crippen molar-refractivity contribution in [3.8, 4) is 22.3 Å². The van der Waals surface area contributed by atoms with Crippen molar-refractivity contribution in [2.24, 2.45) is 11.8 Å². The second-order valence-electron chi connectivity index (χ2n) is 18.6. The second kappa shape index (κ2) is 31.4. The van der Waals surface area contributed by atoms with Gasteiger partial charge in [-0.1, -0.05) is 133 Å². The standard InChI is InChI=1S/2C29H35NO5.Ca.H2O/c2*31-26-20-27(35-21-22-12-14-24(15-13-22)23-8-4-3-5-9-23)25(10-6-1-2-7-11-28(32)33)29(26)30-16-18-34-19-17-30;;/h2*1-5,8-9,12-15,25,27,29H,6-7,10-11,16-21H2,(H,32,33);;1H2/q;;+2;/p-2/b2*2-1+;;/t2*25-,27-,29+;;/m00../s1. The number of carbonyl (C=O) groups is 4. The van der Waals surface area contributed by atoms with Gasteiger partial charge in [-0.15, -0.1) is 0 Å². The third-order valence-electron chi connectivity index (χ3n) is 13.9. The number of rotatable bonds is 22. The summed E-state index contributed by atoms with van der Waals surface area (Å²) in [4.78, 5) is 51.9. The third kappa shape index (κ3) is 17.9. The quantitative estimate of drug-likeness (QED) is 0.0703. The molecule has 2 aliphatic heterocycles. The Balaban J connectivity index is 0.000000260. The Morgan fingerprint density at radius 3 is 1.19 bits per heavy atom. The zero-order chi connectivity index (χ0) is 48.9. The fraction of sp³-hybridized carbons (Fsp3) is 0.448. The third-order valence-corrected chi connectivity index (χ3v) is 13.9. The largest absolute Gasteiger partial charge is 2.00 e. The van der Waals surface area contributed by atoms with Gasteiger partial charge < -0.3 is 44.2 Å². The van der Waals surface area contributed by atoms with Crippen LogP contribution < -0.4 is 10.2 Å². The molecule has 380 valence electrons. The molecule has 0 aromatic heterocycles. The molecule has 72 heavy (non-hydrogen) atoms. The van der Waals surface area contributed by atoms with Crippen LogP contribution >= 0.6 is 0 Å². The van der Waals surface area contributed by atoms with Crippen molar-refractivity contribution in [3.63, 3.8) is 0 Å². The van der Waals surface area contributed by atoms with E-state index in [1.165, 1.54) is 22.3 Å². The summed E-state index contributed by atoms with van der Waals surface area (Å²) in [6.07, 6.45) is 12.7. The summed E-state index contributed by atoms with van der Waals surface area (Å²) in [6.45, 7) is 6.62. The van der Waals surface area contributed by atoms with E-state index in [1.807, 2.05) is 60.7 Å². The van der Waals surface area contributed by atoms with Gasteiger partial charge in [-0.2, -0.15) is 0 Å². The van der Waals surface area contributed by atoms with E-state index >= 15 is 0 Å². The van der Waals surface area contributed by atoms with Crippen LogP contribution in [0.25, 0.3) is 22.3 Å². The van der Waals surface area contributed by atoms with Gasteiger partial charge in [-0.25, -0.2) is 0 Å². The molecule has 6 atom stereocenters. The second-order valence-corrected chi connectivity index (χ2v) is 18.6. The molecule has 14 heteroatoms. The van der Waals surface area contributed by atoms with Gasteiger partial charge in [0, 0.05) is 62.8 Å². The van der Waals surface area contributed by atoms with Gasteiger partial charge in [-0.3, -0.25) is 19.4 Å². The number of benzene rings is 4. The zero-order valence-electron chi connectivity index (χ0n) is 41.5. The van der Waals surface area contributed by atoms with E-state index in [2.05, 4.69) is 82.6 Å². The number of carboxylic acid groups (broad SMARTS) is 2. The number of ether oxygens (including phenoxy) is 4. The molecule has 0 bridgehead atoms. The SMILES string of the molecule is O.O=C([O-])CC/C=C/CC[C@H]1[C@@H](OCc2ccc(-c3ccccc3)cc2)CC(=O)[C@@H]1N1CCOCC1.O=C([O-])CC/C=C/CC[C@H]1[C@@H](OCc2ccc(-c3ccccc3)cc2)CC(=O)[C@@H]1N1CCOCC1.[Ca+2]. The summed E-state index contributed by atoms with van der Waals surface area (Å²) >= 11 is 0. The summed E-state index contributed by atoms with van der Waals surface area (Å²) in [5.41, 5.74) is 6.88. The van der Waals surface area contributed by atoms with Gasteiger partial charge in [-0.05, 0) is 84.7 Å². The molecular formula is C58H70CaN2O11. The van der Waals surface area contributed by atoms with Crippen molar-refractivity contribution in [1.82, 2.24) is 9.80 Å². The summed E-state index contributed by atoms with van der Waals surface area (Å²) < 4.78 is 23.7. The first-order chi connectivity index (χ1) is 34.2. The van der Waals surface area contributed by atoms with Crippen LogP contribution in [0, 0.1) is 11.8 Å². The Morgan fingerprint density at radius 2 is 0.847 bits per heavy atom. The van der Waals surface area contributed by atoms with Crippen molar-refractivity contribution in [2.45, 2.75) is 102 Å². The van der Waals surface area contributed by atoms with Crippen LogP contribution in [0.2, 0.25) is 0 Å². The predicted octanol–water partition coefficient (Wildman–Crippen LogP) is 5.58. The average Bonchev–Trinajstić information content (AvgIpc) is 3.89. The Hall–Kier alpha value is -4.38. The molecule has 4 aromatic carbocycles. The van der Waals surface area contributed by atoms with Gasteiger partial charge in [0.05, 0.1) is 63.9 Å². The molecule has 2 saturated heterocycles. The van der Waals surface area contributed by atoms with E-state index < -0.39 is 11.9 Å². The number of carbonyl (C=O) groups excluding carboxylic acids is 4. The van der Waals surface area contributed by atoms with Crippen LogP contribution in [0.5, 0.6) is 0 Å². The summed E-state index contributed by atoms with van der Waals surface area (Å²) in [6, 6.07) is 37.1. The number of aliphatic carboxylic acids is 2. The normalized spacial score (nSPS) is 22.6. The molecule has 13 nitrogen and oxygen atoms in total. The fourth-order valence-corrected chi connectivity index (χ4v) is 10.2. The maximum absolute atomic E-state index is 13.1. The number of hydrogen-bond donors (Lipinski definition) is 0. The first-order valence-corrected chi connectivity index (χ1v) is 25.1. The van der Waals surface area contributed by atoms with Crippen LogP contribution in [-0.2, 0) is 51.3 Å². The molecule has 0 spiro atoms. The maximum Gasteiger partial charge on any atom is 2.00 e. The minimum Gasteiger partial charge on any atom is -0.550 e. The number of allylic oxidation sites excluding steroid dienone is 4. The summed E-state index contributed by atoms with van der Waals surface area (Å²) in [5.74, 6) is -1.35. The van der Waals surface area contributed by atoms with Crippen LogP contribution in [0.15, 0.2) is 133 Å². The molecule has 2 saturated carbocycles. The molecule has 4 fully saturated rings. The smallest absolute Gasteiger partial charge is 0.550 e. The Bertz CT molecular complexity index is 2140. The molecule has 2 N–H and O–H groups in total. The first-order valence-electron chi connectivity index (χ1n) is 25.1. The Labute approximate surface area is 454 Å². The zero-order valence-corrected chi connectivity index (χ0v) is 43.7. The minimum absolute atomic E-state index is 0. The van der Waals surface area contributed by atoms with E-state index in [4.69, 9.17) is 18.9 Å². The van der Waals surface area contributed by atoms with Gasteiger partial charge in [0.2, 0.25) is 0 Å². The molecule has 0 radical (unpaired) electrons. The molecule has 8 rings (SSSR count). The Morgan fingerprint density at radius 1 is 0.514 bits per heavy atom. The van der Waals surface area contributed by atoms with E-state index in [9.17, 15) is 29.4 Å². The van der Waals surface area contributed by atoms with Gasteiger partial charge >= 0.3 is 37.7 Å². The van der Waals surface area contributed by atoms with Crippen molar-refractivity contribution >= 4 is 61.2 Å². The van der Waals surface area contributed by atoms with Gasteiger partial charge in [0.1, 0.15) is 0 Å². The number of carboxylic acids is 2. The molecule has 2 aliphatic carbocycles. The number of Topliss-reactive ketones (excluding diaryl/α,β-unsaturated/α-hetero) is 2. The van der Waals surface area contributed by atoms with Crippen molar-refractivity contribution in [2.75, 3.05) is 52.6 Å². The average molecular weight is 1010 g/mol. The maximum atomic E-state index is 13.1. The number of ketones is 2. The minimum atomic E-state index is -1.03. The fourth-order valence-electron chi connectivity index (χ4n) is 10.2. The van der Waals surface area contributed by atoms with Gasteiger partial charge in [0.15, 0.2) is 11.6 Å². The summed E-state index contributed by atoms with van der Waals surface area (Å²) in [7, 11) is 0. The van der Waals surface area contributed by atoms with E-state index in [0.29, 0.717) is 65.3 Å². The molecule has 2 heterocycles. The van der Waals surface area contributed by atoms with E-state index in [0.717, 1.165) is 63.0 Å². The molecule has 4 aromatic rings. The first kappa shape index (κ1) is 58.5. The van der Waals surface area contributed by atoms with Crippen LogP contribution in [-0.4, -0.2) is 153 Å². The van der Waals surface area contributed by atoms with Crippen molar-refractivity contribution in [1.29, 1.82) is 0 Å². The summed E-state index contributed by atoms with van der Waals surface area (Å²) in [5, 5.41) is 21.2. The number of hydrogen-bond acceptors (Lipinski definition) is 12. The Kier molecular flexibility index (Phi) is 25.5. The number of morpholine rings is 2. The van der Waals surface area contributed by atoms with Crippen LogP contribution in [0.3, 0.4) is 0 Å². The topological polar surface area (TPSA) is 189 Å². The molecule has 0 unspecified atom stereocenters. The monoisotopic (exact) mass is 1010 g/mol. The molecule has 0 amide bonds. The van der Waals surface area contributed by atoms with E-state index in [-0.39, 0.29) is 104 Å². The van der Waals surface area contributed by atoms with Gasteiger partial charge in [0.25, 0.3) is 0 Å². The van der Waals surface area contributed by atoms with Crippen molar-refractivity contribution in [3.05, 3.63) is 145 Å². The van der Waals surface area contributed by atoms with E-state index in [1.54, 1.807) is 0 Å². The van der Waals surface area contributed by atoms with Crippen molar-refractivity contribution < 1.29 is 53.8 Å². The molecular weight excluding hydrogens is 941 g/mol. The predicted molar refractivity (Wildman–Crippen MR) is 274 cm³/mol.